The van der Waals surface area contributed by atoms with Crippen molar-refractivity contribution >= 4 is 23.4 Å². The standard InChI is InChI=1S/C12H16ClN5O2/c1-14-11(19)8-17-2-4-18(5-3-17)12(20)9-6-16-10(13)7-15-9/h6-7H,2-5,8H2,1H3,(H,14,19). The average molecular weight is 298 g/mol. The molecule has 0 radical (unpaired) electrons. The van der Waals surface area contributed by atoms with Crippen LogP contribution in [0.15, 0.2) is 12.4 Å². The van der Waals surface area contributed by atoms with Gasteiger partial charge in [-0.1, -0.05) is 11.6 Å². The third kappa shape index (κ3) is 3.64. The lowest BCUT2D eigenvalue weighted by molar-refractivity contribution is -0.122. The Morgan fingerprint density at radius 2 is 1.95 bits per heavy atom. The molecule has 0 aliphatic carbocycles. The number of amides is 2. The predicted octanol–water partition coefficient (Wildman–Crippen LogP) is -0.366. The van der Waals surface area contributed by atoms with E-state index in [4.69, 9.17) is 11.6 Å². The van der Waals surface area contributed by atoms with Crippen LogP contribution < -0.4 is 5.32 Å². The van der Waals surface area contributed by atoms with Crippen molar-refractivity contribution in [2.75, 3.05) is 39.8 Å². The van der Waals surface area contributed by atoms with E-state index in [-0.39, 0.29) is 22.7 Å². The summed E-state index contributed by atoms with van der Waals surface area (Å²) >= 11 is 5.64. The maximum absolute atomic E-state index is 12.2. The van der Waals surface area contributed by atoms with Gasteiger partial charge in [0.25, 0.3) is 5.91 Å². The number of hydrogen-bond acceptors (Lipinski definition) is 5. The number of likely N-dealkylation sites (N-methyl/N-ethyl adjacent to an activating group) is 1. The van der Waals surface area contributed by atoms with Crippen molar-refractivity contribution in [2.45, 2.75) is 0 Å². The molecule has 1 aromatic rings. The molecule has 1 N–H and O–H groups in total. The molecule has 8 heteroatoms. The molecular formula is C12H16ClN5O2. The normalized spacial score (nSPS) is 16.0. The highest BCUT2D eigenvalue weighted by molar-refractivity contribution is 6.29. The summed E-state index contributed by atoms with van der Waals surface area (Å²) in [4.78, 5) is 35.0. The van der Waals surface area contributed by atoms with Crippen LogP contribution in [0.3, 0.4) is 0 Å². The summed E-state index contributed by atoms with van der Waals surface area (Å²) < 4.78 is 0. The van der Waals surface area contributed by atoms with Gasteiger partial charge in [-0.05, 0) is 0 Å². The van der Waals surface area contributed by atoms with Crippen molar-refractivity contribution in [3.8, 4) is 0 Å². The zero-order chi connectivity index (χ0) is 14.5. The first-order valence-corrected chi connectivity index (χ1v) is 6.67. The summed E-state index contributed by atoms with van der Waals surface area (Å²) in [6.07, 6.45) is 2.73. The van der Waals surface area contributed by atoms with Crippen LogP contribution in [0.1, 0.15) is 10.5 Å². The number of nitrogens with one attached hydrogen (secondary N) is 1. The molecule has 108 valence electrons. The number of piperazine rings is 1. The number of nitrogens with zero attached hydrogens (tertiary/aromatic N) is 4. The van der Waals surface area contributed by atoms with Gasteiger partial charge in [0.1, 0.15) is 10.8 Å². The molecule has 0 aromatic carbocycles. The quantitative estimate of drug-likeness (QED) is 0.824. The van der Waals surface area contributed by atoms with Crippen molar-refractivity contribution in [1.29, 1.82) is 0 Å². The van der Waals surface area contributed by atoms with Gasteiger partial charge in [0.15, 0.2) is 0 Å². The van der Waals surface area contributed by atoms with Gasteiger partial charge in [-0.15, -0.1) is 0 Å². The van der Waals surface area contributed by atoms with Crippen molar-refractivity contribution in [3.05, 3.63) is 23.2 Å². The number of hydrogen-bond donors (Lipinski definition) is 1. The second-order valence-corrected chi connectivity index (χ2v) is 4.85. The molecule has 0 bridgehead atoms. The maximum Gasteiger partial charge on any atom is 0.274 e. The topological polar surface area (TPSA) is 78.4 Å². The summed E-state index contributed by atoms with van der Waals surface area (Å²) in [7, 11) is 1.61. The Labute approximate surface area is 121 Å². The van der Waals surface area contributed by atoms with Crippen molar-refractivity contribution < 1.29 is 9.59 Å². The minimum atomic E-state index is -0.159. The number of carbonyl (C=O) groups excluding carboxylic acids is 2. The van der Waals surface area contributed by atoms with E-state index in [0.717, 1.165) is 0 Å². The molecule has 2 rings (SSSR count). The molecule has 1 aliphatic rings. The lowest BCUT2D eigenvalue weighted by Crippen LogP contribution is -2.51. The molecule has 2 heterocycles. The predicted molar refractivity (Wildman–Crippen MR) is 73.5 cm³/mol. The Morgan fingerprint density at radius 1 is 1.25 bits per heavy atom. The molecule has 1 fully saturated rings. The van der Waals surface area contributed by atoms with E-state index >= 15 is 0 Å². The molecule has 1 aromatic heterocycles. The first-order chi connectivity index (χ1) is 9.60. The Kier molecular flexibility index (Phi) is 4.86. The zero-order valence-corrected chi connectivity index (χ0v) is 11.9. The summed E-state index contributed by atoms with van der Waals surface area (Å²) in [5.74, 6) is -0.179. The van der Waals surface area contributed by atoms with Gasteiger partial charge in [-0.2, -0.15) is 0 Å². The minimum Gasteiger partial charge on any atom is -0.358 e. The highest BCUT2D eigenvalue weighted by Gasteiger charge is 2.23. The average Bonchev–Trinajstić information content (AvgIpc) is 2.48. The second kappa shape index (κ2) is 6.62. The van der Waals surface area contributed by atoms with Gasteiger partial charge in [-0.25, -0.2) is 9.97 Å². The smallest absolute Gasteiger partial charge is 0.274 e. The van der Waals surface area contributed by atoms with Crippen LogP contribution in [0.2, 0.25) is 5.15 Å². The Hall–Kier alpha value is -1.73. The van der Waals surface area contributed by atoms with Gasteiger partial charge in [0, 0.05) is 33.2 Å². The summed E-state index contributed by atoms with van der Waals surface area (Å²) in [5.41, 5.74) is 0.286. The van der Waals surface area contributed by atoms with Gasteiger partial charge >= 0.3 is 0 Å². The SMILES string of the molecule is CNC(=O)CN1CCN(C(=O)c2cnc(Cl)cn2)CC1. The fraction of sp³-hybridized carbons (Fsp3) is 0.500. The molecule has 2 amide bonds. The second-order valence-electron chi connectivity index (χ2n) is 4.47. The van der Waals surface area contributed by atoms with Crippen LogP contribution in [0.5, 0.6) is 0 Å². The summed E-state index contributed by atoms with van der Waals surface area (Å²) in [6.45, 7) is 2.83. The summed E-state index contributed by atoms with van der Waals surface area (Å²) in [5, 5.41) is 2.85. The zero-order valence-electron chi connectivity index (χ0n) is 11.2. The monoisotopic (exact) mass is 297 g/mol. The van der Waals surface area contributed by atoms with Gasteiger partial charge in [-0.3, -0.25) is 14.5 Å². The fourth-order valence-corrected chi connectivity index (χ4v) is 2.07. The molecule has 7 nitrogen and oxygen atoms in total. The molecular weight excluding hydrogens is 282 g/mol. The van der Waals surface area contributed by atoms with Gasteiger partial charge < -0.3 is 10.2 Å². The van der Waals surface area contributed by atoms with E-state index in [1.807, 2.05) is 4.90 Å². The fourth-order valence-electron chi connectivity index (χ4n) is 1.98. The maximum atomic E-state index is 12.2. The minimum absolute atomic E-state index is 0.0201. The van der Waals surface area contributed by atoms with Crippen molar-refractivity contribution in [1.82, 2.24) is 25.1 Å². The number of halogens is 1. The van der Waals surface area contributed by atoms with Crippen LogP contribution in [-0.2, 0) is 4.79 Å². The number of carbonyl (C=O) groups is 2. The lowest BCUT2D eigenvalue weighted by Gasteiger charge is -2.33. The van der Waals surface area contributed by atoms with Crippen LogP contribution in [-0.4, -0.2) is 71.4 Å². The van der Waals surface area contributed by atoms with E-state index in [1.54, 1.807) is 11.9 Å². The number of rotatable bonds is 3. The van der Waals surface area contributed by atoms with Crippen LogP contribution in [0.25, 0.3) is 0 Å². The number of aromatic nitrogens is 2. The van der Waals surface area contributed by atoms with E-state index in [0.29, 0.717) is 32.7 Å². The van der Waals surface area contributed by atoms with Gasteiger partial charge in [0.05, 0.1) is 18.9 Å². The molecule has 0 atom stereocenters. The van der Waals surface area contributed by atoms with E-state index in [9.17, 15) is 9.59 Å². The molecule has 1 saturated heterocycles. The molecule has 1 aliphatic heterocycles. The first kappa shape index (κ1) is 14.7. The highest BCUT2D eigenvalue weighted by atomic mass is 35.5. The highest BCUT2D eigenvalue weighted by Crippen LogP contribution is 2.08. The Morgan fingerprint density at radius 3 is 2.50 bits per heavy atom. The molecule has 0 spiro atoms. The van der Waals surface area contributed by atoms with Crippen LogP contribution in [0, 0.1) is 0 Å². The van der Waals surface area contributed by atoms with Crippen molar-refractivity contribution in [2.24, 2.45) is 0 Å². The first-order valence-electron chi connectivity index (χ1n) is 6.30. The lowest BCUT2D eigenvalue weighted by atomic mass is 10.2. The molecule has 0 unspecified atom stereocenters. The van der Waals surface area contributed by atoms with Crippen molar-refractivity contribution in [3.63, 3.8) is 0 Å². The molecule has 20 heavy (non-hydrogen) atoms. The van der Waals surface area contributed by atoms with Crippen LogP contribution in [0.4, 0.5) is 0 Å². The third-order valence-electron chi connectivity index (χ3n) is 3.15. The Bertz CT molecular complexity index is 485. The van der Waals surface area contributed by atoms with E-state index in [2.05, 4.69) is 15.3 Å². The summed E-state index contributed by atoms with van der Waals surface area (Å²) in [6, 6.07) is 0. The Balaban J connectivity index is 1.88. The molecule has 0 saturated carbocycles. The van der Waals surface area contributed by atoms with Crippen LogP contribution >= 0.6 is 11.6 Å². The van der Waals surface area contributed by atoms with Gasteiger partial charge in [0.2, 0.25) is 5.91 Å². The van der Waals surface area contributed by atoms with E-state index in [1.165, 1.54) is 12.4 Å². The van der Waals surface area contributed by atoms with E-state index < -0.39 is 0 Å². The largest absolute Gasteiger partial charge is 0.358 e. The third-order valence-corrected chi connectivity index (χ3v) is 3.34.